The van der Waals surface area contributed by atoms with Gasteiger partial charge in [0.2, 0.25) is 0 Å². The van der Waals surface area contributed by atoms with Crippen LogP contribution in [0.5, 0.6) is 11.5 Å². The van der Waals surface area contributed by atoms with Gasteiger partial charge in [-0.05, 0) is 69.4 Å². The lowest BCUT2D eigenvalue weighted by Crippen LogP contribution is -2.41. The van der Waals surface area contributed by atoms with Crippen molar-refractivity contribution in [1.29, 1.82) is 0 Å². The minimum atomic E-state index is -0.207. The van der Waals surface area contributed by atoms with Crippen LogP contribution in [0.1, 0.15) is 42.0 Å². The van der Waals surface area contributed by atoms with E-state index in [1.807, 2.05) is 32.9 Å². The first-order valence-electron chi connectivity index (χ1n) is 9.78. The monoisotopic (exact) mass is 365 g/mol. The third-order valence-electron chi connectivity index (χ3n) is 5.97. The molecule has 0 saturated carbocycles. The highest BCUT2D eigenvalue weighted by Crippen LogP contribution is 2.44. The fourth-order valence-electron chi connectivity index (χ4n) is 3.96. The second kappa shape index (κ2) is 7.67. The Morgan fingerprint density at radius 1 is 1.15 bits per heavy atom. The van der Waals surface area contributed by atoms with Crippen molar-refractivity contribution in [3.05, 3.63) is 65.2 Å². The van der Waals surface area contributed by atoms with Gasteiger partial charge in [0, 0.05) is 30.8 Å². The Bertz CT molecular complexity index is 828. The molecular formula is C24H31NO2. The van der Waals surface area contributed by atoms with E-state index < -0.39 is 0 Å². The number of rotatable bonds is 6. The lowest BCUT2D eigenvalue weighted by molar-refractivity contribution is 0.0569. The maximum atomic E-state index is 10.4. The van der Waals surface area contributed by atoms with E-state index >= 15 is 0 Å². The third kappa shape index (κ3) is 3.83. The number of phenols is 1. The average molecular weight is 366 g/mol. The summed E-state index contributed by atoms with van der Waals surface area (Å²) >= 11 is 0. The number of benzene rings is 2. The summed E-state index contributed by atoms with van der Waals surface area (Å²) in [5, 5.41) is 10.4. The van der Waals surface area contributed by atoms with Crippen molar-refractivity contribution in [3.8, 4) is 11.5 Å². The summed E-state index contributed by atoms with van der Waals surface area (Å²) < 4.78 is 6.57. The molecule has 3 rings (SSSR count). The van der Waals surface area contributed by atoms with Crippen molar-refractivity contribution < 1.29 is 9.84 Å². The fourth-order valence-corrected chi connectivity index (χ4v) is 3.96. The Morgan fingerprint density at radius 2 is 1.85 bits per heavy atom. The van der Waals surface area contributed by atoms with Crippen molar-refractivity contribution in [2.24, 2.45) is 0 Å². The van der Waals surface area contributed by atoms with Gasteiger partial charge in [-0.1, -0.05) is 24.3 Å². The van der Waals surface area contributed by atoms with Gasteiger partial charge < -0.3 is 14.7 Å². The summed E-state index contributed by atoms with van der Waals surface area (Å²) in [4.78, 5) is 2.34. The molecule has 0 saturated heterocycles. The van der Waals surface area contributed by atoms with Crippen molar-refractivity contribution in [1.82, 2.24) is 0 Å². The van der Waals surface area contributed by atoms with Crippen molar-refractivity contribution >= 4 is 5.69 Å². The van der Waals surface area contributed by atoms with Gasteiger partial charge in [-0.3, -0.25) is 0 Å². The summed E-state index contributed by atoms with van der Waals surface area (Å²) in [5.74, 6) is 1.39. The molecule has 2 aromatic rings. The standard InChI is InChI=1S/C24H31NO2/c1-6-15-25(20-10-8-7-9-11-20)16-14-24(5)13-12-21-19(4)22(26)17(2)18(3)23(21)27-24/h6-11,26H,1,12-16H2,2-5H3. The molecule has 0 radical (unpaired) electrons. The summed E-state index contributed by atoms with van der Waals surface area (Å²) in [6, 6.07) is 10.5. The largest absolute Gasteiger partial charge is 0.507 e. The van der Waals surface area contributed by atoms with Gasteiger partial charge in [0.25, 0.3) is 0 Å². The number of phenolic OH excluding ortho intramolecular Hbond substituents is 1. The molecular weight excluding hydrogens is 334 g/mol. The predicted octanol–water partition coefficient (Wildman–Crippen LogP) is 5.48. The molecule has 27 heavy (non-hydrogen) atoms. The van der Waals surface area contributed by atoms with E-state index in [2.05, 4.69) is 42.7 Å². The minimum absolute atomic E-state index is 0.207. The summed E-state index contributed by atoms with van der Waals surface area (Å²) in [6.07, 6.45) is 4.79. The topological polar surface area (TPSA) is 32.7 Å². The van der Waals surface area contributed by atoms with Gasteiger partial charge >= 0.3 is 0 Å². The number of aromatic hydroxyl groups is 1. The van der Waals surface area contributed by atoms with Crippen LogP contribution in [0.4, 0.5) is 5.69 Å². The molecule has 1 aliphatic heterocycles. The van der Waals surface area contributed by atoms with E-state index in [1.165, 1.54) is 11.3 Å². The Kier molecular flexibility index (Phi) is 5.50. The Morgan fingerprint density at radius 3 is 2.52 bits per heavy atom. The van der Waals surface area contributed by atoms with E-state index in [4.69, 9.17) is 4.74 Å². The second-order valence-corrected chi connectivity index (χ2v) is 7.90. The van der Waals surface area contributed by atoms with Crippen molar-refractivity contribution in [3.63, 3.8) is 0 Å². The Balaban J connectivity index is 1.80. The number of anilines is 1. The summed E-state index contributed by atoms with van der Waals surface area (Å²) in [6.45, 7) is 13.9. The first-order valence-corrected chi connectivity index (χ1v) is 9.78. The number of hydrogen-bond donors (Lipinski definition) is 1. The fraction of sp³-hybridized carbons (Fsp3) is 0.417. The number of ether oxygens (including phenoxy) is 1. The Hall–Kier alpha value is -2.42. The van der Waals surface area contributed by atoms with E-state index in [9.17, 15) is 5.11 Å². The highest BCUT2D eigenvalue weighted by atomic mass is 16.5. The number of hydrogen-bond acceptors (Lipinski definition) is 3. The second-order valence-electron chi connectivity index (χ2n) is 7.90. The molecule has 1 aliphatic rings. The van der Waals surface area contributed by atoms with Gasteiger partial charge in [0.1, 0.15) is 17.1 Å². The average Bonchev–Trinajstić information content (AvgIpc) is 2.68. The predicted molar refractivity (Wildman–Crippen MR) is 113 cm³/mol. The molecule has 0 bridgehead atoms. The zero-order chi connectivity index (χ0) is 19.6. The van der Waals surface area contributed by atoms with Crippen molar-refractivity contribution in [2.75, 3.05) is 18.0 Å². The minimum Gasteiger partial charge on any atom is -0.507 e. The first kappa shape index (κ1) is 19.3. The number of fused-ring (bicyclic) bond motifs is 1. The van der Waals surface area contributed by atoms with Gasteiger partial charge in [-0.2, -0.15) is 0 Å². The SMILES string of the molecule is C=CCN(CCC1(C)CCc2c(C)c(O)c(C)c(C)c2O1)c1ccccc1. The van der Waals surface area contributed by atoms with Crippen LogP contribution in [-0.2, 0) is 6.42 Å². The van der Waals surface area contributed by atoms with Gasteiger partial charge in [0.15, 0.2) is 0 Å². The van der Waals surface area contributed by atoms with E-state index in [0.29, 0.717) is 5.75 Å². The zero-order valence-electron chi connectivity index (χ0n) is 17.0. The Labute approximate surface area is 163 Å². The van der Waals surface area contributed by atoms with Crippen LogP contribution in [0.15, 0.2) is 43.0 Å². The number of para-hydroxylation sites is 1. The maximum absolute atomic E-state index is 10.4. The molecule has 1 heterocycles. The van der Waals surface area contributed by atoms with Crippen molar-refractivity contribution in [2.45, 2.75) is 52.6 Å². The van der Waals surface area contributed by atoms with Gasteiger partial charge in [0.05, 0.1) is 0 Å². The number of nitrogens with zero attached hydrogens (tertiary/aromatic N) is 1. The van der Waals surface area contributed by atoms with Crippen LogP contribution in [-0.4, -0.2) is 23.8 Å². The highest BCUT2D eigenvalue weighted by molar-refractivity contribution is 5.58. The lowest BCUT2D eigenvalue weighted by Gasteiger charge is -2.39. The molecule has 2 aromatic carbocycles. The normalized spacial score (nSPS) is 18.5. The van der Waals surface area contributed by atoms with Crippen LogP contribution >= 0.6 is 0 Å². The van der Waals surface area contributed by atoms with Crippen LogP contribution < -0.4 is 9.64 Å². The molecule has 0 aliphatic carbocycles. The maximum Gasteiger partial charge on any atom is 0.127 e. The van der Waals surface area contributed by atoms with Crippen LogP contribution in [0.2, 0.25) is 0 Å². The lowest BCUT2D eigenvalue weighted by atomic mass is 9.85. The molecule has 1 unspecified atom stereocenters. The van der Waals surface area contributed by atoms with E-state index in [0.717, 1.165) is 54.8 Å². The zero-order valence-corrected chi connectivity index (χ0v) is 17.0. The first-order chi connectivity index (χ1) is 12.9. The highest BCUT2D eigenvalue weighted by Gasteiger charge is 2.34. The summed E-state index contributed by atoms with van der Waals surface area (Å²) in [5.41, 5.74) is 5.12. The van der Waals surface area contributed by atoms with Crippen LogP contribution in [0.25, 0.3) is 0 Å². The molecule has 144 valence electrons. The third-order valence-corrected chi connectivity index (χ3v) is 5.97. The molecule has 0 amide bonds. The summed E-state index contributed by atoms with van der Waals surface area (Å²) in [7, 11) is 0. The van der Waals surface area contributed by atoms with Crippen LogP contribution in [0, 0.1) is 20.8 Å². The van der Waals surface area contributed by atoms with Crippen LogP contribution in [0.3, 0.4) is 0 Å². The molecule has 1 atom stereocenters. The van der Waals surface area contributed by atoms with E-state index in [-0.39, 0.29) is 5.60 Å². The molecule has 1 N–H and O–H groups in total. The van der Waals surface area contributed by atoms with E-state index in [1.54, 1.807) is 0 Å². The van der Waals surface area contributed by atoms with Gasteiger partial charge in [-0.25, -0.2) is 0 Å². The smallest absolute Gasteiger partial charge is 0.127 e. The molecule has 0 fully saturated rings. The molecule has 0 spiro atoms. The molecule has 0 aromatic heterocycles. The quantitative estimate of drug-likeness (QED) is 0.688. The van der Waals surface area contributed by atoms with Gasteiger partial charge in [-0.15, -0.1) is 6.58 Å². The molecule has 3 nitrogen and oxygen atoms in total. The molecule has 3 heteroatoms.